The summed E-state index contributed by atoms with van der Waals surface area (Å²) in [6.45, 7) is 6.07. The zero-order chi connectivity index (χ0) is 13.5. The van der Waals surface area contributed by atoms with Crippen molar-refractivity contribution in [1.82, 2.24) is 10.3 Å². The number of aldehydes is 1. The van der Waals surface area contributed by atoms with Gasteiger partial charge in [-0.1, -0.05) is 11.3 Å². The molecule has 0 bridgehead atoms. The molecule has 0 aliphatic heterocycles. The van der Waals surface area contributed by atoms with Crippen molar-refractivity contribution >= 4 is 43.6 Å². The molecule has 0 radical (unpaired) electrons. The average molecular weight is 299 g/mol. The summed E-state index contributed by atoms with van der Waals surface area (Å²) in [5, 5.41) is 7.46. The Hall–Kier alpha value is -1.02. The number of carbonyl (C=O) groups excluding carboxylic acids is 1. The molecule has 0 aromatic carbocycles. The summed E-state index contributed by atoms with van der Waals surface area (Å²) in [6.07, 6.45) is 0.870. The maximum atomic E-state index is 10.6. The van der Waals surface area contributed by atoms with Crippen molar-refractivity contribution in [3.63, 3.8) is 0 Å². The Kier molecular flexibility index (Phi) is 5.71. The molecule has 0 aliphatic rings. The smallest absolute Gasteiger partial charge is 0.184 e. The van der Waals surface area contributed by atoms with Crippen molar-refractivity contribution in [2.24, 2.45) is 0 Å². The molecule has 0 saturated carbocycles. The lowest BCUT2D eigenvalue weighted by atomic mass is 10.5. The quantitative estimate of drug-likeness (QED) is 0.549. The van der Waals surface area contributed by atoms with Gasteiger partial charge in [0.25, 0.3) is 0 Å². The van der Waals surface area contributed by atoms with E-state index in [1.54, 1.807) is 11.3 Å². The van der Waals surface area contributed by atoms with Crippen LogP contribution >= 0.6 is 22.7 Å². The normalized spacial score (nSPS) is 11.0. The molecule has 0 amide bonds. The van der Waals surface area contributed by atoms with Crippen molar-refractivity contribution in [2.75, 3.05) is 38.2 Å². The lowest BCUT2D eigenvalue weighted by Crippen LogP contribution is -2.25. The van der Waals surface area contributed by atoms with Crippen LogP contribution in [-0.4, -0.2) is 44.1 Å². The van der Waals surface area contributed by atoms with Gasteiger partial charge in [-0.25, -0.2) is 4.98 Å². The van der Waals surface area contributed by atoms with Gasteiger partial charge in [-0.15, -0.1) is 11.3 Å². The van der Waals surface area contributed by atoms with E-state index in [4.69, 9.17) is 4.74 Å². The van der Waals surface area contributed by atoms with E-state index in [0.29, 0.717) is 0 Å². The standard InChI is InChI=1S/C12H17N3O2S2/c1-2-17-6-5-13-3-4-14-12-15-11-10(19-12)7-9(8-16)18-11/h7-8,13H,2-6H2,1H3,(H,14,15). The second-order valence-electron chi connectivity index (χ2n) is 3.83. The lowest BCUT2D eigenvalue weighted by molar-refractivity contribution is 0.112. The number of hydrogen-bond acceptors (Lipinski definition) is 7. The van der Waals surface area contributed by atoms with E-state index in [2.05, 4.69) is 15.6 Å². The molecule has 0 spiro atoms. The molecule has 2 heterocycles. The summed E-state index contributed by atoms with van der Waals surface area (Å²) in [4.78, 5) is 16.7. The number of anilines is 1. The topological polar surface area (TPSA) is 63.2 Å². The molecule has 2 rings (SSSR count). The SMILES string of the molecule is CCOCCNCCNc1nc2sc(C=O)cc2s1. The van der Waals surface area contributed by atoms with Crippen LogP contribution in [0.2, 0.25) is 0 Å². The third-order valence-electron chi connectivity index (χ3n) is 2.43. The van der Waals surface area contributed by atoms with Crippen molar-refractivity contribution in [3.05, 3.63) is 10.9 Å². The lowest BCUT2D eigenvalue weighted by Gasteiger charge is -2.05. The van der Waals surface area contributed by atoms with E-state index in [-0.39, 0.29) is 0 Å². The summed E-state index contributed by atoms with van der Waals surface area (Å²) in [5.41, 5.74) is 0. The van der Waals surface area contributed by atoms with E-state index in [9.17, 15) is 4.79 Å². The summed E-state index contributed by atoms with van der Waals surface area (Å²) in [7, 11) is 0. The van der Waals surface area contributed by atoms with Crippen LogP contribution in [0.25, 0.3) is 9.53 Å². The molecule has 7 heteroatoms. The number of hydrogen-bond donors (Lipinski definition) is 2. The van der Waals surface area contributed by atoms with Crippen LogP contribution in [0.1, 0.15) is 16.6 Å². The Balaban J connectivity index is 1.70. The third-order valence-corrected chi connectivity index (χ3v) is 4.47. The van der Waals surface area contributed by atoms with Crippen LogP contribution in [0.4, 0.5) is 5.13 Å². The highest BCUT2D eigenvalue weighted by molar-refractivity contribution is 7.29. The highest BCUT2D eigenvalue weighted by Crippen LogP contribution is 2.31. The highest BCUT2D eigenvalue weighted by Gasteiger charge is 2.07. The first kappa shape index (κ1) is 14.4. The molecule has 0 atom stereocenters. The van der Waals surface area contributed by atoms with Crippen molar-refractivity contribution in [1.29, 1.82) is 0 Å². The minimum absolute atomic E-state index is 0.734. The maximum absolute atomic E-state index is 10.6. The molecule has 0 unspecified atom stereocenters. The zero-order valence-electron chi connectivity index (χ0n) is 10.8. The second-order valence-corrected chi connectivity index (χ2v) is 5.92. The van der Waals surface area contributed by atoms with E-state index in [0.717, 1.165) is 58.7 Å². The number of ether oxygens (including phenoxy) is 1. The summed E-state index contributed by atoms with van der Waals surface area (Å²) in [5.74, 6) is 0. The number of nitrogens with zero attached hydrogens (tertiary/aromatic N) is 1. The molecule has 2 aromatic rings. The summed E-state index contributed by atoms with van der Waals surface area (Å²) in [6, 6.07) is 1.89. The van der Waals surface area contributed by atoms with Gasteiger partial charge >= 0.3 is 0 Å². The predicted molar refractivity (Wildman–Crippen MR) is 80.7 cm³/mol. The number of aromatic nitrogens is 1. The maximum Gasteiger partial charge on any atom is 0.184 e. The van der Waals surface area contributed by atoms with E-state index in [1.165, 1.54) is 11.3 Å². The van der Waals surface area contributed by atoms with E-state index >= 15 is 0 Å². The molecule has 0 aliphatic carbocycles. The Morgan fingerprint density at radius 3 is 3.00 bits per heavy atom. The highest BCUT2D eigenvalue weighted by atomic mass is 32.1. The Morgan fingerprint density at radius 2 is 2.26 bits per heavy atom. The van der Waals surface area contributed by atoms with Gasteiger partial charge in [-0.3, -0.25) is 4.79 Å². The van der Waals surface area contributed by atoms with Gasteiger partial charge in [0.05, 0.1) is 16.2 Å². The van der Waals surface area contributed by atoms with Gasteiger partial charge < -0.3 is 15.4 Å². The molecular weight excluding hydrogens is 282 g/mol. The Bertz CT molecular complexity index is 492. The van der Waals surface area contributed by atoms with Gasteiger partial charge in [0.15, 0.2) is 11.4 Å². The number of fused-ring (bicyclic) bond motifs is 1. The first-order valence-electron chi connectivity index (χ1n) is 6.21. The minimum Gasteiger partial charge on any atom is -0.380 e. The van der Waals surface area contributed by atoms with Crippen LogP contribution in [0, 0.1) is 0 Å². The molecule has 19 heavy (non-hydrogen) atoms. The zero-order valence-corrected chi connectivity index (χ0v) is 12.4. The number of thiazole rings is 1. The number of thiophene rings is 1. The fraction of sp³-hybridized carbons (Fsp3) is 0.500. The number of rotatable bonds is 9. The summed E-state index contributed by atoms with van der Waals surface area (Å²) >= 11 is 3.01. The fourth-order valence-corrected chi connectivity index (χ4v) is 3.52. The van der Waals surface area contributed by atoms with Gasteiger partial charge in [-0.05, 0) is 13.0 Å². The predicted octanol–water partition coefficient (Wildman–Crippen LogP) is 2.21. The van der Waals surface area contributed by atoms with Gasteiger partial charge in [0, 0.05) is 26.2 Å². The first-order valence-corrected chi connectivity index (χ1v) is 7.84. The van der Waals surface area contributed by atoms with Crippen molar-refractivity contribution in [3.8, 4) is 0 Å². The van der Waals surface area contributed by atoms with Crippen molar-refractivity contribution < 1.29 is 9.53 Å². The average Bonchev–Trinajstić information content (AvgIpc) is 2.95. The van der Waals surface area contributed by atoms with Crippen LogP contribution in [-0.2, 0) is 4.74 Å². The molecule has 0 fully saturated rings. The van der Waals surface area contributed by atoms with E-state index < -0.39 is 0 Å². The van der Waals surface area contributed by atoms with Crippen LogP contribution in [0.5, 0.6) is 0 Å². The molecular formula is C12H17N3O2S2. The van der Waals surface area contributed by atoms with Gasteiger partial charge in [0.2, 0.25) is 0 Å². The fourth-order valence-electron chi connectivity index (χ4n) is 1.56. The van der Waals surface area contributed by atoms with E-state index in [1.807, 2.05) is 13.0 Å². The van der Waals surface area contributed by atoms with Gasteiger partial charge in [0.1, 0.15) is 4.83 Å². The second kappa shape index (κ2) is 7.54. The molecule has 5 nitrogen and oxygen atoms in total. The molecule has 2 aromatic heterocycles. The third kappa shape index (κ3) is 4.24. The number of nitrogens with one attached hydrogen (secondary N) is 2. The van der Waals surface area contributed by atoms with Crippen molar-refractivity contribution in [2.45, 2.75) is 6.92 Å². The van der Waals surface area contributed by atoms with Crippen LogP contribution < -0.4 is 10.6 Å². The van der Waals surface area contributed by atoms with Crippen LogP contribution in [0.3, 0.4) is 0 Å². The first-order chi connectivity index (χ1) is 9.33. The Labute approximate surface area is 120 Å². The summed E-state index contributed by atoms with van der Waals surface area (Å²) < 4.78 is 6.30. The van der Waals surface area contributed by atoms with Gasteiger partial charge in [-0.2, -0.15) is 0 Å². The molecule has 104 valence electrons. The van der Waals surface area contributed by atoms with Crippen LogP contribution in [0.15, 0.2) is 6.07 Å². The largest absolute Gasteiger partial charge is 0.380 e. The molecule has 2 N–H and O–H groups in total. The monoisotopic (exact) mass is 299 g/mol. The number of carbonyl (C=O) groups is 1. The molecule has 0 saturated heterocycles. The minimum atomic E-state index is 0.734. The Morgan fingerprint density at radius 1 is 1.37 bits per heavy atom.